The van der Waals surface area contributed by atoms with Crippen LogP contribution in [0.2, 0.25) is 0 Å². The average Bonchev–Trinajstić information content (AvgIpc) is 2.49. The molecule has 0 spiro atoms. The van der Waals surface area contributed by atoms with Crippen molar-refractivity contribution in [3.05, 3.63) is 29.3 Å². The maximum atomic E-state index is 11.1. The number of carbonyl (C=O) groups is 1. The summed E-state index contributed by atoms with van der Waals surface area (Å²) in [6.07, 6.45) is 2.51. The predicted molar refractivity (Wildman–Crippen MR) is 80.1 cm³/mol. The van der Waals surface area contributed by atoms with Crippen molar-refractivity contribution >= 4 is 5.97 Å². The Kier molecular flexibility index (Phi) is 5.59. The third-order valence-corrected chi connectivity index (χ3v) is 3.98. The van der Waals surface area contributed by atoms with Gasteiger partial charge in [-0.05, 0) is 37.5 Å². The summed E-state index contributed by atoms with van der Waals surface area (Å²) in [5.74, 6) is -0.302. The molecule has 0 saturated carbocycles. The van der Waals surface area contributed by atoms with Gasteiger partial charge in [-0.25, -0.2) is 4.79 Å². The highest BCUT2D eigenvalue weighted by molar-refractivity contribution is 5.89. The van der Waals surface area contributed by atoms with Crippen molar-refractivity contribution in [2.45, 2.75) is 25.9 Å². The first-order valence-electron chi connectivity index (χ1n) is 7.32. The maximum Gasteiger partial charge on any atom is 0.336 e. The minimum Gasteiger partial charge on any atom is -0.492 e. The molecule has 0 atom stereocenters. The summed E-state index contributed by atoms with van der Waals surface area (Å²) >= 11 is 0. The summed E-state index contributed by atoms with van der Waals surface area (Å²) in [5, 5.41) is 9.09. The highest BCUT2D eigenvalue weighted by atomic mass is 16.5. The van der Waals surface area contributed by atoms with Crippen LogP contribution in [0.15, 0.2) is 18.2 Å². The van der Waals surface area contributed by atoms with Gasteiger partial charge in [0.25, 0.3) is 0 Å². The fourth-order valence-electron chi connectivity index (χ4n) is 2.58. The molecule has 0 unspecified atom stereocenters. The average molecular weight is 293 g/mol. The normalized spacial score (nSPS) is 16.9. The van der Waals surface area contributed by atoms with Crippen LogP contribution in [0, 0.1) is 6.92 Å². The quantitative estimate of drug-likeness (QED) is 0.871. The molecule has 5 nitrogen and oxygen atoms in total. The van der Waals surface area contributed by atoms with Gasteiger partial charge in [0.1, 0.15) is 12.4 Å². The van der Waals surface area contributed by atoms with Crippen molar-refractivity contribution in [3.63, 3.8) is 0 Å². The Morgan fingerprint density at radius 3 is 2.71 bits per heavy atom. The molecule has 116 valence electrons. The molecule has 1 aliphatic heterocycles. The molecule has 1 N–H and O–H groups in total. The Bertz CT molecular complexity index is 481. The fourth-order valence-corrected chi connectivity index (χ4v) is 2.58. The van der Waals surface area contributed by atoms with Crippen LogP contribution < -0.4 is 4.74 Å². The summed E-state index contributed by atoms with van der Waals surface area (Å²) in [5.41, 5.74) is 1.05. The van der Waals surface area contributed by atoms with Gasteiger partial charge in [0.05, 0.1) is 11.7 Å². The molecule has 1 aromatic rings. The van der Waals surface area contributed by atoms with Gasteiger partial charge < -0.3 is 14.6 Å². The summed E-state index contributed by atoms with van der Waals surface area (Å²) in [6.45, 7) is 5.26. The molecule has 1 fully saturated rings. The zero-order valence-electron chi connectivity index (χ0n) is 12.7. The van der Waals surface area contributed by atoms with Crippen LogP contribution in [0.3, 0.4) is 0 Å². The van der Waals surface area contributed by atoms with Gasteiger partial charge in [-0.3, -0.25) is 4.90 Å². The van der Waals surface area contributed by atoms with Gasteiger partial charge in [0.2, 0.25) is 0 Å². The van der Waals surface area contributed by atoms with E-state index >= 15 is 0 Å². The smallest absolute Gasteiger partial charge is 0.336 e. The van der Waals surface area contributed by atoms with E-state index in [1.807, 2.05) is 6.07 Å². The molecule has 0 amide bonds. The molecular formula is C16H23NO4. The first-order valence-corrected chi connectivity index (χ1v) is 7.32. The molecule has 5 heteroatoms. The van der Waals surface area contributed by atoms with Gasteiger partial charge in [-0.1, -0.05) is 6.07 Å². The number of rotatable bonds is 6. The largest absolute Gasteiger partial charge is 0.492 e. The Morgan fingerprint density at radius 1 is 1.38 bits per heavy atom. The highest BCUT2D eigenvalue weighted by Crippen LogP contribution is 2.18. The number of nitrogens with zero attached hydrogens (tertiary/aromatic N) is 1. The van der Waals surface area contributed by atoms with E-state index in [0.29, 0.717) is 24.0 Å². The fraction of sp³-hybridized carbons (Fsp3) is 0.562. The molecule has 0 aromatic heterocycles. The number of aryl methyl sites for hydroxylation is 1. The topological polar surface area (TPSA) is 59.0 Å². The monoisotopic (exact) mass is 293 g/mol. The van der Waals surface area contributed by atoms with Gasteiger partial charge in [-0.2, -0.15) is 0 Å². The van der Waals surface area contributed by atoms with E-state index in [4.69, 9.17) is 14.6 Å². The Labute approximate surface area is 125 Å². The first-order chi connectivity index (χ1) is 10.1. The van der Waals surface area contributed by atoms with E-state index in [1.54, 1.807) is 26.2 Å². The highest BCUT2D eigenvalue weighted by Gasteiger charge is 2.18. The molecule has 21 heavy (non-hydrogen) atoms. The lowest BCUT2D eigenvalue weighted by atomic mass is 10.1. The van der Waals surface area contributed by atoms with E-state index < -0.39 is 5.97 Å². The lowest BCUT2D eigenvalue weighted by Crippen LogP contribution is -2.38. The summed E-state index contributed by atoms with van der Waals surface area (Å²) in [6, 6.07) is 5.19. The minimum atomic E-state index is -0.917. The van der Waals surface area contributed by atoms with Crippen molar-refractivity contribution in [3.8, 4) is 5.75 Å². The summed E-state index contributed by atoms with van der Waals surface area (Å²) in [4.78, 5) is 13.4. The lowest BCUT2D eigenvalue weighted by molar-refractivity contribution is 0.0375. The molecule has 1 aromatic carbocycles. The number of aromatic carboxylic acids is 1. The van der Waals surface area contributed by atoms with Crippen LogP contribution in [-0.2, 0) is 4.74 Å². The van der Waals surface area contributed by atoms with Gasteiger partial charge in [0.15, 0.2) is 0 Å². The zero-order valence-corrected chi connectivity index (χ0v) is 12.7. The third kappa shape index (κ3) is 4.44. The molecular weight excluding hydrogens is 270 g/mol. The minimum absolute atomic E-state index is 0.299. The van der Waals surface area contributed by atoms with E-state index in [1.165, 1.54) is 0 Å². The summed E-state index contributed by atoms with van der Waals surface area (Å²) < 4.78 is 11.0. The number of hydrogen-bond acceptors (Lipinski definition) is 4. The lowest BCUT2D eigenvalue weighted by Gasteiger charge is -2.30. The third-order valence-electron chi connectivity index (χ3n) is 3.98. The number of methoxy groups -OCH3 is 1. The van der Waals surface area contributed by atoms with Crippen LogP contribution in [0.25, 0.3) is 0 Å². The number of carboxylic acid groups (broad SMARTS) is 1. The van der Waals surface area contributed by atoms with Crippen LogP contribution >= 0.6 is 0 Å². The number of carboxylic acids is 1. The number of likely N-dealkylation sites (tertiary alicyclic amines) is 1. The number of hydrogen-bond donors (Lipinski definition) is 1. The van der Waals surface area contributed by atoms with Gasteiger partial charge >= 0.3 is 5.97 Å². The van der Waals surface area contributed by atoms with Crippen molar-refractivity contribution in [1.29, 1.82) is 0 Å². The second-order valence-electron chi connectivity index (χ2n) is 5.41. The molecule has 0 bridgehead atoms. The Balaban J connectivity index is 1.79. The van der Waals surface area contributed by atoms with Crippen molar-refractivity contribution in [2.75, 3.05) is 33.4 Å². The van der Waals surface area contributed by atoms with Gasteiger partial charge in [-0.15, -0.1) is 0 Å². The Morgan fingerprint density at radius 2 is 2.10 bits per heavy atom. The van der Waals surface area contributed by atoms with Crippen LogP contribution in [-0.4, -0.2) is 55.4 Å². The van der Waals surface area contributed by atoms with Crippen molar-refractivity contribution in [2.24, 2.45) is 0 Å². The predicted octanol–water partition coefficient (Wildman–Crippen LogP) is 2.18. The van der Waals surface area contributed by atoms with E-state index in [-0.39, 0.29) is 0 Å². The molecule has 0 aliphatic carbocycles. The maximum absolute atomic E-state index is 11.1. The number of benzene rings is 1. The second kappa shape index (κ2) is 7.43. The standard InChI is InChI=1S/C16H23NO4/c1-12-3-4-14(11-15(12)16(18)19)21-10-9-17-7-5-13(20-2)6-8-17/h3-4,11,13H,5-10H2,1-2H3,(H,18,19). The van der Waals surface area contributed by atoms with Crippen molar-refractivity contribution in [1.82, 2.24) is 4.90 Å². The van der Waals surface area contributed by atoms with E-state index in [2.05, 4.69) is 4.90 Å². The van der Waals surface area contributed by atoms with Crippen LogP contribution in [0.5, 0.6) is 5.75 Å². The van der Waals surface area contributed by atoms with Crippen LogP contribution in [0.4, 0.5) is 0 Å². The van der Waals surface area contributed by atoms with E-state index in [0.717, 1.165) is 38.0 Å². The number of piperidine rings is 1. The second-order valence-corrected chi connectivity index (χ2v) is 5.41. The SMILES string of the molecule is COC1CCN(CCOc2ccc(C)c(C(=O)O)c2)CC1. The van der Waals surface area contributed by atoms with E-state index in [9.17, 15) is 4.79 Å². The summed E-state index contributed by atoms with van der Waals surface area (Å²) in [7, 11) is 1.76. The molecule has 1 heterocycles. The molecule has 0 radical (unpaired) electrons. The first kappa shape index (κ1) is 15.8. The molecule has 2 rings (SSSR count). The zero-order chi connectivity index (χ0) is 15.2. The number of ether oxygens (including phenoxy) is 2. The van der Waals surface area contributed by atoms with Gasteiger partial charge in [0, 0.05) is 26.7 Å². The molecule has 1 aliphatic rings. The molecule has 1 saturated heterocycles. The van der Waals surface area contributed by atoms with Crippen LogP contribution in [0.1, 0.15) is 28.8 Å². The Hall–Kier alpha value is -1.59. The van der Waals surface area contributed by atoms with Crippen molar-refractivity contribution < 1.29 is 19.4 Å².